The second-order valence-corrected chi connectivity index (χ2v) is 13.6. The van der Waals surface area contributed by atoms with Crippen LogP contribution >= 0.6 is 0 Å². The van der Waals surface area contributed by atoms with Crippen LogP contribution in [0.3, 0.4) is 0 Å². The second-order valence-electron chi connectivity index (χ2n) is 11.6. The van der Waals surface area contributed by atoms with Crippen LogP contribution in [0, 0.1) is 5.92 Å². The summed E-state index contributed by atoms with van der Waals surface area (Å²) in [5.74, 6) is -1.99. The fraction of sp³-hybridized carbons (Fsp3) is 0.406. The zero-order valence-electron chi connectivity index (χ0n) is 26.3. The maximum absolute atomic E-state index is 13.8. The Hall–Kier alpha value is -4.72. The molecule has 0 fully saturated rings. The van der Waals surface area contributed by atoms with Gasteiger partial charge in [-0.15, -0.1) is 0 Å². The molecule has 2 bridgehead atoms. The number of benzene rings is 2. The topological polar surface area (TPSA) is 180 Å². The molecule has 0 saturated heterocycles. The number of carbonyl (C=O) groups is 4. The normalized spacial score (nSPS) is 19.9. The van der Waals surface area contributed by atoms with Crippen molar-refractivity contribution in [2.45, 2.75) is 57.7 Å². The average molecular weight is 653 g/mol. The molecule has 1 aliphatic heterocycles. The van der Waals surface area contributed by atoms with Crippen LogP contribution in [0.5, 0.6) is 0 Å². The molecule has 13 nitrogen and oxygen atoms in total. The lowest BCUT2D eigenvalue weighted by molar-refractivity contribution is -0.130. The zero-order chi connectivity index (χ0) is 33.4. The molecule has 46 heavy (non-hydrogen) atoms. The maximum Gasteiger partial charge on any atom is 0.273 e. The molecule has 0 unspecified atom stereocenters. The first-order chi connectivity index (χ1) is 21.8. The van der Waals surface area contributed by atoms with Gasteiger partial charge in [-0.1, -0.05) is 44.2 Å². The van der Waals surface area contributed by atoms with E-state index in [2.05, 4.69) is 26.3 Å². The lowest BCUT2D eigenvalue weighted by Gasteiger charge is -2.26. The number of oxazole rings is 1. The van der Waals surface area contributed by atoms with Gasteiger partial charge in [-0.3, -0.25) is 23.5 Å². The van der Waals surface area contributed by atoms with E-state index in [9.17, 15) is 27.6 Å². The SMILES string of the molecule is CC(C)[C@@H]1NC(=O)[C@H](Cc2ccccc2)NC(=O)[C@@H](NC(=O)c2ccc(N(C)S(C)(=O)=O)cc2)CCCCNC(=O)c2coc1n2. The summed E-state index contributed by atoms with van der Waals surface area (Å²) >= 11 is 0. The third-order valence-corrected chi connectivity index (χ3v) is 8.92. The third-order valence-electron chi connectivity index (χ3n) is 7.72. The van der Waals surface area contributed by atoms with Gasteiger partial charge >= 0.3 is 0 Å². The maximum atomic E-state index is 13.8. The minimum absolute atomic E-state index is 0.0926. The van der Waals surface area contributed by atoms with Gasteiger partial charge in [0.2, 0.25) is 27.7 Å². The lowest BCUT2D eigenvalue weighted by Crippen LogP contribution is -2.55. The predicted octanol–water partition coefficient (Wildman–Crippen LogP) is 2.32. The first-order valence-electron chi connectivity index (χ1n) is 15.1. The number of anilines is 1. The Labute approximate surface area is 268 Å². The quantitative estimate of drug-likeness (QED) is 0.300. The van der Waals surface area contributed by atoms with Gasteiger partial charge in [-0.2, -0.15) is 0 Å². The fourth-order valence-electron chi connectivity index (χ4n) is 4.92. The number of amides is 4. The van der Waals surface area contributed by atoms with Crippen molar-refractivity contribution in [2.75, 3.05) is 24.2 Å². The Morgan fingerprint density at radius 2 is 1.72 bits per heavy atom. The van der Waals surface area contributed by atoms with Crippen LogP contribution in [-0.2, 0) is 26.0 Å². The monoisotopic (exact) mass is 652 g/mol. The Balaban J connectivity index is 1.60. The highest BCUT2D eigenvalue weighted by molar-refractivity contribution is 7.92. The number of nitrogens with one attached hydrogen (secondary N) is 4. The molecule has 0 saturated carbocycles. The van der Waals surface area contributed by atoms with E-state index in [0.29, 0.717) is 25.1 Å². The number of carbonyl (C=O) groups excluding carboxylic acids is 4. The molecule has 0 spiro atoms. The summed E-state index contributed by atoms with van der Waals surface area (Å²) in [6.45, 7) is 4.05. The molecule has 1 aromatic heterocycles. The molecule has 14 heteroatoms. The smallest absolute Gasteiger partial charge is 0.273 e. The van der Waals surface area contributed by atoms with Crippen molar-refractivity contribution in [1.29, 1.82) is 0 Å². The number of fused-ring (bicyclic) bond motifs is 2. The predicted molar refractivity (Wildman–Crippen MR) is 171 cm³/mol. The van der Waals surface area contributed by atoms with Crippen molar-refractivity contribution in [3.05, 3.63) is 83.6 Å². The highest BCUT2D eigenvalue weighted by Gasteiger charge is 2.31. The van der Waals surface area contributed by atoms with Crippen molar-refractivity contribution >= 4 is 39.3 Å². The molecule has 4 N–H and O–H groups in total. The van der Waals surface area contributed by atoms with E-state index in [4.69, 9.17) is 4.42 Å². The summed E-state index contributed by atoms with van der Waals surface area (Å²) in [5, 5.41) is 11.3. The van der Waals surface area contributed by atoms with E-state index in [1.807, 2.05) is 44.2 Å². The van der Waals surface area contributed by atoms with Gasteiger partial charge in [-0.05, 0) is 55.0 Å². The number of rotatable bonds is 7. The average Bonchev–Trinajstić information content (AvgIpc) is 3.51. The number of hydrogen-bond donors (Lipinski definition) is 4. The molecule has 2 heterocycles. The van der Waals surface area contributed by atoms with Gasteiger partial charge in [0.25, 0.3) is 11.8 Å². The van der Waals surface area contributed by atoms with E-state index < -0.39 is 51.8 Å². The lowest BCUT2D eigenvalue weighted by atomic mass is 10.0. The molecule has 1 aliphatic rings. The van der Waals surface area contributed by atoms with E-state index in [1.165, 1.54) is 37.6 Å². The minimum atomic E-state index is -3.49. The Kier molecular flexibility index (Phi) is 11.2. The van der Waals surface area contributed by atoms with E-state index in [-0.39, 0.29) is 35.9 Å². The highest BCUT2D eigenvalue weighted by Crippen LogP contribution is 2.22. The molecule has 2 aromatic carbocycles. The number of aromatic nitrogens is 1. The van der Waals surface area contributed by atoms with E-state index in [1.54, 1.807) is 0 Å². The number of hydrogen-bond acceptors (Lipinski definition) is 8. The van der Waals surface area contributed by atoms with Crippen molar-refractivity contribution in [2.24, 2.45) is 5.92 Å². The summed E-state index contributed by atoms with van der Waals surface area (Å²) < 4.78 is 30.5. The van der Waals surface area contributed by atoms with Crippen LogP contribution in [-0.4, -0.2) is 69.0 Å². The molecular weight excluding hydrogens is 612 g/mol. The Bertz CT molecular complexity index is 1640. The van der Waals surface area contributed by atoms with Gasteiger partial charge in [0.1, 0.15) is 24.4 Å². The van der Waals surface area contributed by atoms with Crippen molar-refractivity contribution in [3.63, 3.8) is 0 Å². The van der Waals surface area contributed by atoms with Crippen LogP contribution in [0.1, 0.15) is 71.5 Å². The molecule has 4 amide bonds. The van der Waals surface area contributed by atoms with Crippen LogP contribution in [0.4, 0.5) is 5.69 Å². The largest absolute Gasteiger partial charge is 0.446 e. The molecule has 0 aliphatic carbocycles. The summed E-state index contributed by atoms with van der Waals surface area (Å²) in [5.41, 5.74) is 1.50. The molecule has 0 radical (unpaired) electrons. The van der Waals surface area contributed by atoms with Crippen LogP contribution in [0.15, 0.2) is 65.3 Å². The first kappa shape index (κ1) is 34.2. The van der Waals surface area contributed by atoms with Crippen LogP contribution < -0.4 is 25.6 Å². The van der Waals surface area contributed by atoms with E-state index in [0.717, 1.165) is 16.1 Å². The highest BCUT2D eigenvalue weighted by atomic mass is 32.2. The van der Waals surface area contributed by atoms with Crippen LogP contribution in [0.2, 0.25) is 0 Å². The van der Waals surface area contributed by atoms with Gasteiger partial charge in [0.15, 0.2) is 5.69 Å². The Morgan fingerprint density at radius 1 is 1.02 bits per heavy atom. The van der Waals surface area contributed by atoms with Crippen LogP contribution in [0.25, 0.3) is 0 Å². The Morgan fingerprint density at radius 3 is 2.37 bits per heavy atom. The van der Waals surface area contributed by atoms with Gasteiger partial charge < -0.3 is 25.7 Å². The summed E-state index contributed by atoms with van der Waals surface area (Å²) in [7, 11) is -2.08. The van der Waals surface area contributed by atoms with E-state index >= 15 is 0 Å². The number of nitrogens with zero attached hydrogens (tertiary/aromatic N) is 2. The summed E-state index contributed by atoms with van der Waals surface area (Å²) in [6, 6.07) is 12.5. The third kappa shape index (κ3) is 8.93. The first-order valence-corrected chi connectivity index (χ1v) is 16.9. The summed E-state index contributed by atoms with van der Waals surface area (Å²) in [6.07, 6.45) is 3.71. The molecular formula is C32H40N6O7S. The molecule has 3 atom stereocenters. The standard InChI is InChI=1S/C32H40N6O7S/c1-20(2)27-32-36-26(19-45-32)29(40)33-17-9-8-12-24(30(41)35-25(31(42)37-27)18-21-10-6-5-7-11-21)34-28(39)22-13-15-23(16-14-22)38(3)46(4,43)44/h5-7,10-11,13-16,19-20,24-25,27H,8-9,12,17-18H2,1-4H3,(H,33,40)(H,34,39)(H,35,41)(H,37,42)/t24-,25-,27-/m0/s1. The van der Waals surface area contributed by atoms with Gasteiger partial charge in [0, 0.05) is 25.6 Å². The zero-order valence-corrected chi connectivity index (χ0v) is 27.1. The number of sulfonamides is 1. The molecule has 3 aromatic rings. The second kappa shape index (κ2) is 15.0. The fourth-order valence-corrected chi connectivity index (χ4v) is 5.43. The minimum Gasteiger partial charge on any atom is -0.446 e. The van der Waals surface area contributed by atoms with Crippen molar-refractivity contribution in [1.82, 2.24) is 26.3 Å². The summed E-state index contributed by atoms with van der Waals surface area (Å²) in [4.78, 5) is 57.8. The van der Waals surface area contributed by atoms with Gasteiger partial charge in [0.05, 0.1) is 11.9 Å². The molecule has 246 valence electrons. The van der Waals surface area contributed by atoms with Crippen molar-refractivity contribution in [3.8, 4) is 0 Å². The van der Waals surface area contributed by atoms with Crippen molar-refractivity contribution < 1.29 is 32.0 Å². The molecule has 4 rings (SSSR count). The van der Waals surface area contributed by atoms with Gasteiger partial charge in [-0.25, -0.2) is 13.4 Å².